The first-order valence-corrected chi connectivity index (χ1v) is 14.5. The molecule has 3 N–H and O–H groups in total. The number of hydrogen-bond donors (Lipinski definition) is 2. The maximum absolute atomic E-state index is 13.2. The fourth-order valence-electron chi connectivity index (χ4n) is 3.29. The van der Waals surface area contributed by atoms with Gasteiger partial charge in [0.05, 0.1) is 4.90 Å². The van der Waals surface area contributed by atoms with E-state index in [1.54, 1.807) is 0 Å². The Balaban J connectivity index is 1.92. The first kappa shape index (κ1) is 33.3. The minimum absolute atomic E-state index is 0.0278. The average Bonchev–Trinajstić information content (AvgIpc) is 2.94. The Morgan fingerprint density at radius 1 is 0.976 bits per heavy atom. The van der Waals surface area contributed by atoms with E-state index in [1.165, 1.54) is 48.7 Å². The molecule has 0 aliphatic rings. The van der Waals surface area contributed by atoms with E-state index in [4.69, 9.17) is 17.3 Å². The van der Waals surface area contributed by atoms with Crippen molar-refractivity contribution >= 4 is 57.2 Å². The summed E-state index contributed by atoms with van der Waals surface area (Å²) in [7, 11) is -4.34. The van der Waals surface area contributed by atoms with Gasteiger partial charge in [0.2, 0.25) is 0 Å². The zero-order valence-corrected chi connectivity index (χ0v) is 23.9. The second-order valence-electron chi connectivity index (χ2n) is 8.69. The second kappa shape index (κ2) is 16.4. The number of hydrogen-bond acceptors (Lipinski definition) is 11. The van der Waals surface area contributed by atoms with Crippen molar-refractivity contribution in [1.82, 2.24) is 10.3 Å². The van der Waals surface area contributed by atoms with Crippen molar-refractivity contribution in [2.24, 2.45) is 5.73 Å². The number of amides is 1. The molecule has 222 valence electrons. The topological polar surface area (TPSA) is 192 Å². The van der Waals surface area contributed by atoms with Crippen LogP contribution in [0.2, 0.25) is 5.02 Å². The van der Waals surface area contributed by atoms with E-state index in [9.17, 15) is 32.4 Å². The first-order chi connectivity index (χ1) is 19.4. The molecule has 1 aromatic carbocycles. The van der Waals surface area contributed by atoms with Crippen molar-refractivity contribution < 1.29 is 41.9 Å². The van der Waals surface area contributed by atoms with Crippen LogP contribution >= 0.6 is 11.6 Å². The molecular weight excluding hydrogens is 580 g/mol. The van der Waals surface area contributed by atoms with E-state index in [0.29, 0.717) is 10.7 Å². The van der Waals surface area contributed by atoms with Crippen LogP contribution in [0.4, 0.5) is 5.82 Å². The fourth-order valence-corrected chi connectivity index (χ4v) is 4.78. The van der Waals surface area contributed by atoms with Gasteiger partial charge in [0.15, 0.2) is 0 Å². The SMILES string of the molecule is CCCCCCCC(=O)OC(=O)C(=O)NC[C@H](N)C(=O)OC(=O)CN(c1ccccn1)S(=O)(=O)c1ccc(Cl)cc1. The Bertz CT molecular complexity index is 1320. The molecule has 0 unspecified atom stereocenters. The smallest absolute Gasteiger partial charge is 0.391 e. The number of ether oxygens (including phenoxy) is 2. The molecule has 1 aromatic heterocycles. The van der Waals surface area contributed by atoms with Gasteiger partial charge in [-0.05, 0) is 42.8 Å². The Morgan fingerprint density at radius 2 is 1.66 bits per heavy atom. The van der Waals surface area contributed by atoms with Crippen LogP contribution in [0.5, 0.6) is 0 Å². The summed E-state index contributed by atoms with van der Waals surface area (Å²) in [4.78, 5) is 64.0. The lowest BCUT2D eigenvalue weighted by atomic mass is 10.1. The zero-order valence-electron chi connectivity index (χ0n) is 22.3. The van der Waals surface area contributed by atoms with Crippen LogP contribution in [0.15, 0.2) is 53.6 Å². The summed E-state index contributed by atoms with van der Waals surface area (Å²) in [6, 6.07) is 7.91. The van der Waals surface area contributed by atoms with Crippen LogP contribution in [0.1, 0.15) is 45.4 Å². The molecule has 0 spiro atoms. The number of unbranched alkanes of at least 4 members (excludes halogenated alkanes) is 4. The van der Waals surface area contributed by atoms with Crippen LogP contribution < -0.4 is 15.4 Å². The van der Waals surface area contributed by atoms with E-state index >= 15 is 0 Å². The summed E-state index contributed by atoms with van der Waals surface area (Å²) in [6.07, 6.45) is 5.57. The first-order valence-electron chi connectivity index (χ1n) is 12.7. The van der Waals surface area contributed by atoms with Gasteiger partial charge in [-0.3, -0.25) is 9.59 Å². The lowest BCUT2D eigenvalue weighted by Gasteiger charge is -2.22. The van der Waals surface area contributed by atoms with E-state index < -0.39 is 58.9 Å². The van der Waals surface area contributed by atoms with Crippen LogP contribution in [-0.2, 0) is 43.5 Å². The van der Waals surface area contributed by atoms with Crippen LogP contribution in [0.3, 0.4) is 0 Å². The van der Waals surface area contributed by atoms with Gasteiger partial charge in [-0.25, -0.2) is 32.1 Å². The number of halogens is 1. The highest BCUT2D eigenvalue weighted by Crippen LogP contribution is 2.23. The minimum atomic E-state index is -4.34. The minimum Gasteiger partial charge on any atom is -0.391 e. The number of carbonyl (C=O) groups is 5. The number of esters is 4. The predicted octanol–water partition coefficient (Wildman–Crippen LogP) is 1.87. The zero-order chi connectivity index (χ0) is 30.4. The highest BCUT2D eigenvalue weighted by atomic mass is 35.5. The van der Waals surface area contributed by atoms with Gasteiger partial charge < -0.3 is 20.5 Å². The van der Waals surface area contributed by atoms with E-state index in [-0.39, 0.29) is 22.2 Å². The molecule has 1 atom stereocenters. The number of benzene rings is 1. The van der Waals surface area contributed by atoms with Gasteiger partial charge in [-0.1, -0.05) is 50.3 Å². The Morgan fingerprint density at radius 3 is 2.29 bits per heavy atom. The number of nitrogens with zero attached hydrogens (tertiary/aromatic N) is 2. The van der Waals surface area contributed by atoms with Crippen molar-refractivity contribution in [3.63, 3.8) is 0 Å². The lowest BCUT2D eigenvalue weighted by molar-refractivity contribution is -0.165. The maximum atomic E-state index is 13.2. The fraction of sp³-hybridized carbons (Fsp3) is 0.385. The van der Waals surface area contributed by atoms with Crippen molar-refractivity contribution in [1.29, 1.82) is 0 Å². The largest absolute Gasteiger partial charge is 0.404 e. The van der Waals surface area contributed by atoms with Gasteiger partial charge in [-0.2, -0.15) is 0 Å². The summed E-state index contributed by atoms with van der Waals surface area (Å²) in [6.45, 7) is 0.459. The van der Waals surface area contributed by atoms with Crippen molar-refractivity contribution in [3.05, 3.63) is 53.7 Å². The monoisotopic (exact) mass is 610 g/mol. The molecule has 2 rings (SSSR count). The number of anilines is 1. The Hall–Kier alpha value is -3.88. The van der Waals surface area contributed by atoms with Gasteiger partial charge in [0.1, 0.15) is 18.4 Å². The number of nitrogens with one attached hydrogen (secondary N) is 1. The van der Waals surface area contributed by atoms with Crippen molar-refractivity contribution in [2.45, 2.75) is 56.4 Å². The molecule has 41 heavy (non-hydrogen) atoms. The van der Waals surface area contributed by atoms with Crippen LogP contribution in [-0.4, -0.2) is 62.3 Å². The number of aromatic nitrogens is 1. The molecule has 0 bridgehead atoms. The predicted molar refractivity (Wildman–Crippen MR) is 147 cm³/mol. The van der Waals surface area contributed by atoms with E-state index in [0.717, 1.165) is 25.7 Å². The van der Waals surface area contributed by atoms with Gasteiger partial charge in [0, 0.05) is 24.2 Å². The third kappa shape index (κ3) is 10.9. The number of nitrogens with two attached hydrogens (primary N) is 1. The Kier molecular flexibility index (Phi) is 13.3. The van der Waals surface area contributed by atoms with Crippen LogP contribution in [0.25, 0.3) is 0 Å². The highest BCUT2D eigenvalue weighted by Gasteiger charge is 2.30. The van der Waals surface area contributed by atoms with E-state index in [1.807, 2.05) is 12.2 Å². The standard InChI is InChI=1S/C26H31ClN4O9S/c1-2-3-4-5-6-10-22(32)39-26(36)24(34)30-16-20(28)25(35)40-23(33)17-31(21-9-7-8-15-29-21)41(37,38)19-13-11-18(27)12-14-19/h7-9,11-15,20H,2-6,10,16-17,28H2,1H3,(H,30,34)/t20-/m0/s1. The maximum Gasteiger partial charge on any atom is 0.404 e. The summed E-state index contributed by atoms with van der Waals surface area (Å²) in [5, 5.41) is 2.30. The molecular formula is C26H31ClN4O9S. The van der Waals surface area contributed by atoms with Gasteiger partial charge in [-0.15, -0.1) is 0 Å². The van der Waals surface area contributed by atoms with Crippen LogP contribution in [0, 0.1) is 0 Å². The highest BCUT2D eigenvalue weighted by molar-refractivity contribution is 7.92. The third-order valence-corrected chi connectivity index (χ3v) is 7.47. The molecule has 13 nitrogen and oxygen atoms in total. The molecule has 15 heteroatoms. The normalized spacial score (nSPS) is 11.7. The molecule has 0 aliphatic carbocycles. The number of pyridine rings is 1. The van der Waals surface area contributed by atoms with Crippen molar-refractivity contribution in [2.75, 3.05) is 17.4 Å². The summed E-state index contributed by atoms with van der Waals surface area (Å²) >= 11 is 5.84. The molecule has 2 aromatic rings. The van der Waals surface area contributed by atoms with Gasteiger partial charge in [0.25, 0.3) is 10.0 Å². The van der Waals surface area contributed by atoms with E-state index in [2.05, 4.69) is 14.5 Å². The summed E-state index contributed by atoms with van der Waals surface area (Å²) in [5.41, 5.74) is 5.64. The Labute approximate surface area is 242 Å². The average molecular weight is 611 g/mol. The third-order valence-electron chi connectivity index (χ3n) is 5.46. The molecule has 0 fully saturated rings. The molecule has 1 heterocycles. The number of rotatable bonds is 14. The summed E-state index contributed by atoms with van der Waals surface area (Å²) < 4.78 is 36.2. The summed E-state index contributed by atoms with van der Waals surface area (Å²) in [5.74, 6) is -6.38. The molecule has 0 saturated heterocycles. The molecule has 1 amide bonds. The molecule has 0 saturated carbocycles. The van der Waals surface area contributed by atoms with Crippen molar-refractivity contribution in [3.8, 4) is 0 Å². The number of carbonyl (C=O) groups excluding carboxylic acids is 5. The lowest BCUT2D eigenvalue weighted by Crippen LogP contribution is -2.47. The molecule has 0 radical (unpaired) electrons. The second-order valence-corrected chi connectivity index (χ2v) is 11.0. The van der Waals surface area contributed by atoms with Gasteiger partial charge >= 0.3 is 29.8 Å². The number of sulfonamides is 1. The quantitative estimate of drug-likeness (QED) is 0.137. The molecule has 0 aliphatic heterocycles.